The topological polar surface area (TPSA) is 91.0 Å². The number of carbonyl (C=O) groups excluding carboxylic acids is 3. The molecule has 0 bridgehead atoms. The Morgan fingerprint density at radius 1 is 1.16 bits per heavy atom. The van der Waals surface area contributed by atoms with Crippen LogP contribution in [0.1, 0.15) is 45.0 Å². The maximum Gasteiger partial charge on any atom is 0.265 e. The van der Waals surface area contributed by atoms with Gasteiger partial charge >= 0.3 is 0 Å². The molecule has 2 N–H and O–H groups in total. The number of thiophene rings is 1. The van der Waals surface area contributed by atoms with Crippen molar-refractivity contribution >= 4 is 57.4 Å². The van der Waals surface area contributed by atoms with Crippen molar-refractivity contribution in [3.05, 3.63) is 76.7 Å². The zero-order valence-corrected chi connectivity index (χ0v) is 23.4. The first-order valence-corrected chi connectivity index (χ1v) is 14.0. The molecule has 0 unspecified atom stereocenters. The van der Waals surface area contributed by atoms with Gasteiger partial charge in [-0.25, -0.2) is 0 Å². The van der Waals surface area contributed by atoms with E-state index in [1.165, 1.54) is 11.3 Å². The number of ether oxygens (including phenoxy) is 1. The second-order valence-corrected chi connectivity index (χ2v) is 10.7. The molecule has 198 valence electrons. The molecule has 3 amide bonds. The number of hydrogen-bond acceptors (Lipinski definition) is 8. The Kier molecular flexibility index (Phi) is 8.43. The van der Waals surface area contributed by atoms with Gasteiger partial charge in [-0.05, 0) is 62.2 Å². The van der Waals surface area contributed by atoms with Crippen LogP contribution in [0.25, 0.3) is 0 Å². The fourth-order valence-electron chi connectivity index (χ4n) is 4.08. The van der Waals surface area contributed by atoms with Crippen LogP contribution in [0.4, 0.5) is 16.4 Å². The third-order valence-corrected chi connectivity index (χ3v) is 7.75. The molecule has 0 saturated carbocycles. The Morgan fingerprint density at radius 3 is 2.55 bits per heavy atom. The Hall–Kier alpha value is -3.76. The zero-order chi connectivity index (χ0) is 27.4. The molecule has 2 heterocycles. The lowest BCUT2D eigenvalue weighted by Crippen LogP contribution is -2.46. The Bertz CT molecular complexity index is 1380. The molecule has 2 aromatic carbocycles. The second kappa shape index (κ2) is 11.7. The van der Waals surface area contributed by atoms with Crippen LogP contribution in [0.5, 0.6) is 11.5 Å². The summed E-state index contributed by atoms with van der Waals surface area (Å²) in [4.78, 5) is 42.1. The zero-order valence-electron chi connectivity index (χ0n) is 21.8. The summed E-state index contributed by atoms with van der Waals surface area (Å²) >= 11 is 2.75. The number of amides is 3. The first-order chi connectivity index (χ1) is 18.3. The Labute approximate surface area is 230 Å². The highest BCUT2D eigenvalue weighted by molar-refractivity contribution is 8.00. The lowest BCUT2D eigenvalue weighted by atomic mass is 10.1. The molecule has 0 fully saturated rings. The van der Waals surface area contributed by atoms with E-state index in [0.717, 1.165) is 39.3 Å². The van der Waals surface area contributed by atoms with Crippen molar-refractivity contribution in [3.63, 3.8) is 0 Å². The fraction of sp³-hybridized carbons (Fsp3) is 0.250. The van der Waals surface area contributed by atoms with Crippen LogP contribution in [0.15, 0.2) is 55.1 Å². The Morgan fingerprint density at radius 2 is 1.89 bits per heavy atom. The van der Waals surface area contributed by atoms with Gasteiger partial charge in [-0.2, -0.15) is 0 Å². The molecule has 0 atom stereocenters. The van der Waals surface area contributed by atoms with Gasteiger partial charge in [0.25, 0.3) is 17.7 Å². The number of aryl methyl sites for hydroxylation is 2. The van der Waals surface area contributed by atoms with Crippen molar-refractivity contribution in [2.75, 3.05) is 28.6 Å². The minimum absolute atomic E-state index is 0.0560. The van der Waals surface area contributed by atoms with Gasteiger partial charge in [0.05, 0.1) is 16.1 Å². The normalized spacial score (nSPS) is 12.7. The van der Waals surface area contributed by atoms with Gasteiger partial charge in [-0.3, -0.25) is 19.3 Å². The smallest absolute Gasteiger partial charge is 0.265 e. The van der Waals surface area contributed by atoms with Gasteiger partial charge in [0.1, 0.15) is 17.4 Å². The van der Waals surface area contributed by atoms with E-state index >= 15 is 0 Å². The number of nitrogens with zero attached hydrogens (tertiary/aromatic N) is 2. The van der Waals surface area contributed by atoms with E-state index in [1.807, 2.05) is 69.0 Å². The predicted octanol–water partition coefficient (Wildman–Crippen LogP) is 6.25. The molecular formula is C28H30N4O4S2. The molecule has 10 heteroatoms. The van der Waals surface area contributed by atoms with Gasteiger partial charge in [-0.1, -0.05) is 43.6 Å². The van der Waals surface area contributed by atoms with E-state index < -0.39 is 11.8 Å². The number of fused-ring (bicyclic) bond motifs is 1. The van der Waals surface area contributed by atoms with Crippen LogP contribution >= 0.6 is 23.3 Å². The van der Waals surface area contributed by atoms with Crippen molar-refractivity contribution < 1.29 is 19.1 Å². The summed E-state index contributed by atoms with van der Waals surface area (Å²) in [6, 6.07) is 13.2. The largest absolute Gasteiger partial charge is 0.455 e. The number of imide groups is 1. The number of anilines is 3. The van der Waals surface area contributed by atoms with Gasteiger partial charge in [-0.15, -0.1) is 11.3 Å². The second-order valence-electron chi connectivity index (χ2n) is 8.57. The maximum absolute atomic E-state index is 13.3. The molecule has 0 spiro atoms. The highest BCUT2D eigenvalue weighted by Crippen LogP contribution is 2.46. The van der Waals surface area contributed by atoms with Gasteiger partial charge in [0.2, 0.25) is 0 Å². The summed E-state index contributed by atoms with van der Waals surface area (Å²) in [6.07, 6.45) is 1.11. The molecule has 4 rings (SSSR count). The molecule has 8 nitrogen and oxygen atoms in total. The third kappa shape index (κ3) is 5.41. The van der Waals surface area contributed by atoms with Crippen LogP contribution in [-0.4, -0.2) is 41.6 Å². The highest BCUT2D eigenvalue weighted by Gasteiger charge is 2.37. The average molecular weight is 551 g/mol. The number of benzene rings is 2. The van der Waals surface area contributed by atoms with E-state index in [0.29, 0.717) is 27.9 Å². The van der Waals surface area contributed by atoms with E-state index in [9.17, 15) is 14.4 Å². The standard InChI is InChI=1S/C28H30N4O4S2/c1-6-24(33)32-16-31(28-20(27(32)35)15-23(38-28)26(34)29-7-2)21-14-19(30-37-8-3)12-13-22(21)36-25-17(4)10-9-11-18(25)5/h6,9-15,30H,1,7-8,16H2,2-5H3,(H,29,34). The van der Waals surface area contributed by atoms with Crippen LogP contribution in [-0.2, 0) is 4.79 Å². The van der Waals surface area contributed by atoms with Gasteiger partial charge < -0.3 is 19.7 Å². The van der Waals surface area contributed by atoms with E-state index in [1.54, 1.807) is 18.0 Å². The van der Waals surface area contributed by atoms with E-state index in [2.05, 4.69) is 16.6 Å². The number of para-hydroxylation sites is 1. The number of rotatable bonds is 9. The molecule has 38 heavy (non-hydrogen) atoms. The molecule has 1 aliphatic rings. The predicted molar refractivity (Wildman–Crippen MR) is 155 cm³/mol. The summed E-state index contributed by atoms with van der Waals surface area (Å²) < 4.78 is 9.80. The molecule has 0 radical (unpaired) electrons. The summed E-state index contributed by atoms with van der Waals surface area (Å²) in [7, 11) is 0. The quantitative estimate of drug-likeness (QED) is 0.240. The maximum atomic E-state index is 13.3. The molecule has 3 aromatic rings. The first-order valence-electron chi connectivity index (χ1n) is 12.2. The van der Waals surface area contributed by atoms with Crippen LogP contribution in [0.3, 0.4) is 0 Å². The lowest BCUT2D eigenvalue weighted by molar-refractivity contribution is -0.123. The van der Waals surface area contributed by atoms with Gasteiger partial charge in [0.15, 0.2) is 5.75 Å². The van der Waals surface area contributed by atoms with Crippen LogP contribution in [0.2, 0.25) is 0 Å². The monoisotopic (exact) mass is 550 g/mol. The minimum atomic E-state index is -0.524. The molecular weight excluding hydrogens is 520 g/mol. The van der Waals surface area contributed by atoms with Crippen LogP contribution in [0, 0.1) is 13.8 Å². The van der Waals surface area contributed by atoms with Crippen LogP contribution < -0.4 is 19.7 Å². The highest BCUT2D eigenvalue weighted by atomic mass is 32.2. The lowest BCUT2D eigenvalue weighted by Gasteiger charge is -2.35. The Balaban J connectivity index is 1.89. The van der Waals surface area contributed by atoms with Crippen molar-refractivity contribution in [3.8, 4) is 11.5 Å². The van der Waals surface area contributed by atoms with E-state index in [4.69, 9.17) is 4.74 Å². The van der Waals surface area contributed by atoms with Crippen molar-refractivity contribution in [2.45, 2.75) is 27.7 Å². The summed E-state index contributed by atoms with van der Waals surface area (Å²) in [6.45, 7) is 11.8. The summed E-state index contributed by atoms with van der Waals surface area (Å²) in [5.41, 5.74) is 3.71. The van der Waals surface area contributed by atoms with Gasteiger partial charge in [0, 0.05) is 18.0 Å². The SMILES string of the molecule is C=CC(=O)N1CN(c2cc(NSCC)ccc2Oc2c(C)cccc2C)c2sc(C(=O)NCC)cc2C1=O. The third-order valence-electron chi connectivity index (χ3n) is 5.92. The van der Waals surface area contributed by atoms with E-state index in [-0.39, 0.29) is 18.1 Å². The van der Waals surface area contributed by atoms with Crippen molar-refractivity contribution in [2.24, 2.45) is 0 Å². The van der Waals surface area contributed by atoms with Crippen molar-refractivity contribution in [1.29, 1.82) is 0 Å². The summed E-state index contributed by atoms with van der Waals surface area (Å²) in [5, 5.41) is 3.35. The van der Waals surface area contributed by atoms with Crippen molar-refractivity contribution in [1.82, 2.24) is 10.2 Å². The minimum Gasteiger partial charge on any atom is -0.455 e. The average Bonchev–Trinajstić information content (AvgIpc) is 3.36. The molecule has 0 aliphatic carbocycles. The molecule has 1 aromatic heterocycles. The first kappa shape index (κ1) is 27.3. The summed E-state index contributed by atoms with van der Waals surface area (Å²) in [5.74, 6) is 0.877. The number of hydrogen-bond donors (Lipinski definition) is 2. The number of nitrogens with one attached hydrogen (secondary N) is 2. The number of carbonyl (C=O) groups is 3. The molecule has 0 saturated heterocycles. The fourth-order valence-corrected chi connectivity index (χ4v) is 5.59. The molecule has 1 aliphatic heterocycles.